The lowest BCUT2D eigenvalue weighted by molar-refractivity contribution is 0.372. The molecule has 2 rings (SSSR count). The van der Waals surface area contributed by atoms with Crippen LogP contribution >= 0.6 is 15.9 Å². The monoisotopic (exact) mass is 297 g/mol. The molecule has 94 valence electrons. The Balaban J connectivity index is 2.20. The molecular weight excluding hydrogens is 278 g/mol. The highest BCUT2D eigenvalue weighted by Gasteiger charge is 2.17. The number of halogens is 1. The molecule has 1 aromatic carbocycles. The number of rotatable bonds is 2. The molecule has 0 atom stereocenters. The summed E-state index contributed by atoms with van der Waals surface area (Å²) in [4.78, 5) is 0. The smallest absolute Gasteiger partial charge is 0.132 e. The number of hydrogen-bond donors (Lipinski definition) is 2. The van der Waals surface area contributed by atoms with Gasteiger partial charge >= 0.3 is 0 Å². The van der Waals surface area contributed by atoms with Gasteiger partial charge in [0.2, 0.25) is 0 Å². The predicted octanol–water partition coefficient (Wildman–Crippen LogP) is 3.31. The summed E-state index contributed by atoms with van der Waals surface area (Å²) >= 11 is 3.48. The zero-order valence-electron chi connectivity index (χ0n) is 10.5. The van der Waals surface area contributed by atoms with Gasteiger partial charge in [-0.05, 0) is 84.7 Å². The minimum atomic E-state index is 0.386. The summed E-state index contributed by atoms with van der Waals surface area (Å²) in [6.07, 6.45) is 3.65. The Bertz CT molecular complexity index is 411. The first kappa shape index (κ1) is 12.9. The van der Waals surface area contributed by atoms with Gasteiger partial charge in [0.15, 0.2) is 0 Å². The third-order valence-electron chi connectivity index (χ3n) is 3.75. The molecule has 0 spiro atoms. The van der Waals surface area contributed by atoms with Gasteiger partial charge in [0.1, 0.15) is 5.75 Å². The second-order valence-electron chi connectivity index (χ2n) is 5.04. The zero-order valence-corrected chi connectivity index (χ0v) is 12.1. The molecule has 1 fully saturated rings. The van der Waals surface area contributed by atoms with E-state index in [4.69, 9.17) is 0 Å². The van der Waals surface area contributed by atoms with Gasteiger partial charge in [-0.15, -0.1) is 0 Å². The summed E-state index contributed by atoms with van der Waals surface area (Å²) in [5.74, 6) is 1.17. The van der Waals surface area contributed by atoms with Crippen LogP contribution in [-0.4, -0.2) is 18.2 Å². The highest BCUT2D eigenvalue weighted by atomic mass is 79.9. The van der Waals surface area contributed by atoms with E-state index in [9.17, 15) is 5.11 Å². The Morgan fingerprint density at radius 3 is 2.65 bits per heavy atom. The van der Waals surface area contributed by atoms with Crippen molar-refractivity contribution in [2.45, 2.75) is 33.1 Å². The van der Waals surface area contributed by atoms with Gasteiger partial charge in [0.05, 0.1) is 4.47 Å². The quantitative estimate of drug-likeness (QED) is 0.878. The molecular formula is C14H20BrNO. The molecule has 1 heterocycles. The number of benzene rings is 1. The van der Waals surface area contributed by atoms with Crippen LogP contribution in [0.2, 0.25) is 0 Å². The van der Waals surface area contributed by atoms with Gasteiger partial charge in [-0.2, -0.15) is 0 Å². The topological polar surface area (TPSA) is 32.3 Å². The van der Waals surface area contributed by atoms with E-state index in [1.807, 2.05) is 6.92 Å². The molecule has 0 aliphatic carbocycles. The molecule has 1 aliphatic heterocycles. The van der Waals surface area contributed by atoms with E-state index in [-0.39, 0.29) is 0 Å². The summed E-state index contributed by atoms with van der Waals surface area (Å²) in [5, 5.41) is 13.3. The van der Waals surface area contributed by atoms with E-state index in [1.165, 1.54) is 24.0 Å². The summed E-state index contributed by atoms with van der Waals surface area (Å²) in [6.45, 7) is 6.33. The molecule has 1 saturated heterocycles. The first-order valence-corrected chi connectivity index (χ1v) is 7.07. The number of hydrogen-bond acceptors (Lipinski definition) is 2. The second kappa shape index (κ2) is 5.40. The lowest BCUT2D eigenvalue weighted by atomic mass is 9.88. The molecule has 0 saturated carbocycles. The van der Waals surface area contributed by atoms with Crippen molar-refractivity contribution in [2.75, 3.05) is 13.1 Å². The highest BCUT2D eigenvalue weighted by Crippen LogP contribution is 2.34. The van der Waals surface area contributed by atoms with Gasteiger partial charge in [-0.25, -0.2) is 0 Å². The van der Waals surface area contributed by atoms with Crippen LogP contribution in [0.3, 0.4) is 0 Å². The van der Waals surface area contributed by atoms with Crippen molar-refractivity contribution in [3.05, 3.63) is 27.2 Å². The summed E-state index contributed by atoms with van der Waals surface area (Å²) in [5.41, 5.74) is 3.53. The minimum Gasteiger partial charge on any atom is -0.506 e. The summed E-state index contributed by atoms with van der Waals surface area (Å²) < 4.78 is 0.862. The van der Waals surface area contributed by atoms with Gasteiger partial charge in [0.25, 0.3) is 0 Å². The number of aromatic hydroxyl groups is 1. The fourth-order valence-electron chi connectivity index (χ4n) is 2.54. The van der Waals surface area contributed by atoms with E-state index in [0.717, 1.165) is 35.5 Å². The van der Waals surface area contributed by atoms with Crippen LogP contribution in [0.15, 0.2) is 10.5 Å². The van der Waals surface area contributed by atoms with E-state index in [0.29, 0.717) is 5.75 Å². The molecule has 0 bridgehead atoms. The second-order valence-corrected chi connectivity index (χ2v) is 5.83. The average Bonchev–Trinajstić information content (AvgIpc) is 2.35. The molecule has 2 N–H and O–H groups in total. The van der Waals surface area contributed by atoms with Crippen molar-refractivity contribution in [1.82, 2.24) is 5.32 Å². The Morgan fingerprint density at radius 1 is 1.35 bits per heavy atom. The van der Waals surface area contributed by atoms with Gasteiger partial charge < -0.3 is 10.4 Å². The fraction of sp³-hybridized carbons (Fsp3) is 0.571. The molecule has 0 amide bonds. The zero-order chi connectivity index (χ0) is 12.4. The third kappa shape index (κ3) is 2.83. The number of phenols is 1. The van der Waals surface area contributed by atoms with Crippen LogP contribution in [0.1, 0.15) is 29.5 Å². The number of aryl methyl sites for hydroxylation is 1. The molecule has 1 aromatic rings. The minimum absolute atomic E-state index is 0.386. The molecule has 0 unspecified atom stereocenters. The van der Waals surface area contributed by atoms with Crippen molar-refractivity contribution in [3.63, 3.8) is 0 Å². The maximum Gasteiger partial charge on any atom is 0.132 e. The van der Waals surface area contributed by atoms with Crippen LogP contribution in [-0.2, 0) is 6.42 Å². The largest absolute Gasteiger partial charge is 0.506 e. The lowest BCUT2D eigenvalue weighted by Crippen LogP contribution is -2.28. The highest BCUT2D eigenvalue weighted by molar-refractivity contribution is 9.10. The van der Waals surface area contributed by atoms with Crippen molar-refractivity contribution < 1.29 is 5.11 Å². The predicted molar refractivity (Wildman–Crippen MR) is 74.6 cm³/mol. The van der Waals surface area contributed by atoms with Gasteiger partial charge in [-0.3, -0.25) is 0 Å². The molecule has 0 radical (unpaired) electrons. The average molecular weight is 298 g/mol. The van der Waals surface area contributed by atoms with E-state index in [1.54, 1.807) is 0 Å². The first-order chi connectivity index (χ1) is 8.09. The first-order valence-electron chi connectivity index (χ1n) is 6.28. The SMILES string of the molecule is Cc1cc(CC2CCNCC2)c(C)c(Br)c1O. The summed E-state index contributed by atoms with van der Waals surface area (Å²) in [7, 11) is 0. The van der Waals surface area contributed by atoms with E-state index < -0.39 is 0 Å². The van der Waals surface area contributed by atoms with Crippen LogP contribution in [0.4, 0.5) is 0 Å². The van der Waals surface area contributed by atoms with Gasteiger partial charge in [0, 0.05) is 0 Å². The van der Waals surface area contributed by atoms with Crippen LogP contribution in [0, 0.1) is 19.8 Å². The van der Waals surface area contributed by atoms with Crippen LogP contribution in [0.25, 0.3) is 0 Å². The van der Waals surface area contributed by atoms with E-state index in [2.05, 4.69) is 34.2 Å². The standard InChI is InChI=1S/C14H20BrNO/c1-9-7-12(10(2)13(15)14(9)17)8-11-3-5-16-6-4-11/h7,11,16-17H,3-6,8H2,1-2H3. The number of phenolic OH excluding ortho intramolecular Hbond substituents is 1. The Kier molecular flexibility index (Phi) is 4.10. The number of piperidine rings is 1. The fourth-order valence-corrected chi connectivity index (χ4v) is 3.11. The third-order valence-corrected chi connectivity index (χ3v) is 4.72. The van der Waals surface area contributed by atoms with Crippen LogP contribution in [0.5, 0.6) is 5.75 Å². The molecule has 3 heteroatoms. The molecule has 0 aromatic heterocycles. The van der Waals surface area contributed by atoms with E-state index >= 15 is 0 Å². The van der Waals surface area contributed by atoms with Crippen molar-refractivity contribution in [2.24, 2.45) is 5.92 Å². The summed E-state index contributed by atoms with van der Waals surface area (Å²) in [6, 6.07) is 2.14. The number of nitrogens with one attached hydrogen (secondary N) is 1. The lowest BCUT2D eigenvalue weighted by Gasteiger charge is -2.24. The maximum absolute atomic E-state index is 9.86. The Morgan fingerprint density at radius 2 is 2.00 bits per heavy atom. The molecule has 1 aliphatic rings. The van der Waals surface area contributed by atoms with Crippen molar-refractivity contribution in [3.8, 4) is 5.75 Å². The Hall–Kier alpha value is -0.540. The maximum atomic E-state index is 9.86. The van der Waals surface area contributed by atoms with Crippen LogP contribution < -0.4 is 5.32 Å². The molecule has 2 nitrogen and oxygen atoms in total. The van der Waals surface area contributed by atoms with Crippen molar-refractivity contribution >= 4 is 15.9 Å². The molecule has 17 heavy (non-hydrogen) atoms. The van der Waals surface area contributed by atoms with Gasteiger partial charge in [-0.1, -0.05) is 6.07 Å². The normalized spacial score (nSPS) is 17.4. The Labute approximate surface area is 112 Å². The van der Waals surface area contributed by atoms with Crippen molar-refractivity contribution in [1.29, 1.82) is 0 Å².